The summed E-state index contributed by atoms with van der Waals surface area (Å²) >= 11 is 5.98. The maximum Gasteiger partial charge on any atom is 0.307 e. The molecule has 0 aliphatic heterocycles. The molecule has 27 heavy (non-hydrogen) atoms. The molecule has 1 atom stereocenters. The van der Waals surface area contributed by atoms with E-state index in [9.17, 15) is 14.9 Å². The summed E-state index contributed by atoms with van der Waals surface area (Å²) in [7, 11) is 0. The van der Waals surface area contributed by atoms with Gasteiger partial charge in [-0.25, -0.2) is 0 Å². The van der Waals surface area contributed by atoms with Crippen LogP contribution < -0.4 is 5.32 Å². The number of anilines is 1. The number of hydrogen-bond acceptors (Lipinski definition) is 5. The number of nitrogens with zero attached hydrogens (tertiary/aromatic N) is 5. The molecule has 0 aliphatic carbocycles. The minimum atomic E-state index is -0.657. The molecule has 140 valence electrons. The maximum absolute atomic E-state index is 12.5. The summed E-state index contributed by atoms with van der Waals surface area (Å²) in [5.41, 5.74) is 1.36. The van der Waals surface area contributed by atoms with Gasteiger partial charge in [0.1, 0.15) is 18.4 Å². The summed E-state index contributed by atoms with van der Waals surface area (Å²) in [6.45, 7) is 2.32. The lowest BCUT2D eigenvalue weighted by atomic mass is 10.2. The number of nitrogens with one attached hydrogen (secondary N) is 1. The van der Waals surface area contributed by atoms with Gasteiger partial charge in [-0.1, -0.05) is 30.7 Å². The summed E-state index contributed by atoms with van der Waals surface area (Å²) in [6.07, 6.45) is 6.05. The Kier molecular flexibility index (Phi) is 5.51. The number of nitro groups is 1. The zero-order valence-corrected chi connectivity index (χ0v) is 15.2. The lowest BCUT2D eigenvalue weighted by Crippen LogP contribution is -2.25. The van der Waals surface area contributed by atoms with Crippen molar-refractivity contribution in [3.63, 3.8) is 0 Å². The smallest absolute Gasteiger partial charge is 0.307 e. The number of hydrogen-bond donors (Lipinski definition) is 1. The fourth-order valence-corrected chi connectivity index (χ4v) is 2.86. The van der Waals surface area contributed by atoms with E-state index in [0.29, 0.717) is 23.7 Å². The zero-order chi connectivity index (χ0) is 19.4. The Morgan fingerprint density at radius 3 is 2.81 bits per heavy atom. The Morgan fingerprint density at radius 2 is 2.15 bits per heavy atom. The molecular formula is C17H17ClN6O3. The van der Waals surface area contributed by atoms with Crippen LogP contribution in [0.1, 0.15) is 24.9 Å². The molecule has 0 saturated carbocycles. The van der Waals surface area contributed by atoms with Crippen molar-refractivity contribution in [2.75, 3.05) is 5.32 Å². The van der Waals surface area contributed by atoms with Crippen LogP contribution in [0.5, 0.6) is 0 Å². The van der Waals surface area contributed by atoms with E-state index in [1.54, 1.807) is 30.1 Å². The van der Waals surface area contributed by atoms with Gasteiger partial charge in [-0.05, 0) is 24.1 Å². The quantitative estimate of drug-likeness (QED) is 0.493. The van der Waals surface area contributed by atoms with Gasteiger partial charge in [0.25, 0.3) is 0 Å². The third-order valence-electron chi connectivity index (χ3n) is 3.94. The molecule has 0 spiro atoms. The topological polar surface area (TPSA) is 108 Å². The molecule has 0 saturated heterocycles. The van der Waals surface area contributed by atoms with E-state index in [4.69, 9.17) is 11.6 Å². The van der Waals surface area contributed by atoms with Gasteiger partial charge in [-0.2, -0.15) is 10.2 Å². The second kappa shape index (κ2) is 8.00. The van der Waals surface area contributed by atoms with Gasteiger partial charge >= 0.3 is 5.69 Å². The van der Waals surface area contributed by atoms with Crippen LogP contribution >= 0.6 is 11.6 Å². The standard InChI is InChI=1S/C17H17ClN6O3/c1-2-16(23-11-15(8-20-23)24(26)27)17(25)21-14-7-19-22(10-14)9-12-4-3-5-13(18)6-12/h3-8,10-11,16H,2,9H2,1H3,(H,21,25). The summed E-state index contributed by atoms with van der Waals surface area (Å²) < 4.78 is 2.98. The van der Waals surface area contributed by atoms with Gasteiger partial charge in [0, 0.05) is 11.2 Å². The largest absolute Gasteiger partial charge is 0.322 e. The number of carbonyl (C=O) groups excluding carboxylic acids is 1. The molecule has 2 aromatic heterocycles. The molecule has 0 radical (unpaired) electrons. The van der Waals surface area contributed by atoms with Crippen molar-refractivity contribution in [1.82, 2.24) is 19.6 Å². The summed E-state index contributed by atoms with van der Waals surface area (Å²) in [4.78, 5) is 22.8. The second-order valence-electron chi connectivity index (χ2n) is 5.91. The first kappa shape index (κ1) is 18.6. The Morgan fingerprint density at radius 1 is 1.33 bits per heavy atom. The van der Waals surface area contributed by atoms with E-state index in [0.717, 1.165) is 11.8 Å². The van der Waals surface area contributed by atoms with Gasteiger partial charge in [-0.15, -0.1) is 0 Å². The monoisotopic (exact) mass is 388 g/mol. The highest BCUT2D eigenvalue weighted by atomic mass is 35.5. The normalized spacial score (nSPS) is 11.9. The SMILES string of the molecule is CCC(C(=O)Nc1cnn(Cc2cccc(Cl)c2)c1)n1cc([N+](=O)[O-])cn1. The number of amides is 1. The lowest BCUT2D eigenvalue weighted by Gasteiger charge is -2.14. The lowest BCUT2D eigenvalue weighted by molar-refractivity contribution is -0.385. The van der Waals surface area contributed by atoms with Crippen LogP contribution in [-0.4, -0.2) is 30.4 Å². The van der Waals surface area contributed by atoms with Crippen LogP contribution in [0.2, 0.25) is 5.02 Å². The van der Waals surface area contributed by atoms with Crippen LogP contribution in [-0.2, 0) is 11.3 Å². The first-order valence-corrected chi connectivity index (χ1v) is 8.60. The van der Waals surface area contributed by atoms with E-state index in [-0.39, 0.29) is 11.6 Å². The van der Waals surface area contributed by atoms with Crippen molar-refractivity contribution < 1.29 is 9.72 Å². The minimum Gasteiger partial charge on any atom is -0.322 e. The average Bonchev–Trinajstić information content (AvgIpc) is 3.26. The average molecular weight is 389 g/mol. The number of aromatic nitrogens is 4. The van der Waals surface area contributed by atoms with Gasteiger partial charge in [0.15, 0.2) is 0 Å². The van der Waals surface area contributed by atoms with Crippen molar-refractivity contribution in [3.05, 3.63) is 69.8 Å². The van der Waals surface area contributed by atoms with E-state index < -0.39 is 11.0 Å². The first-order valence-electron chi connectivity index (χ1n) is 8.22. The van der Waals surface area contributed by atoms with Crippen LogP contribution in [0.15, 0.2) is 49.1 Å². The molecule has 1 aromatic carbocycles. The second-order valence-corrected chi connectivity index (χ2v) is 6.34. The molecule has 0 aliphatic rings. The molecule has 9 nitrogen and oxygen atoms in total. The van der Waals surface area contributed by atoms with Crippen LogP contribution in [0.3, 0.4) is 0 Å². The van der Waals surface area contributed by atoms with Crippen molar-refractivity contribution in [3.8, 4) is 0 Å². The predicted octanol–water partition coefficient (Wildman–Crippen LogP) is 3.28. The summed E-state index contributed by atoms with van der Waals surface area (Å²) in [5.74, 6) is -0.321. The fraction of sp³-hybridized carbons (Fsp3) is 0.235. The molecule has 3 rings (SSSR count). The Hall–Kier alpha value is -3.20. The van der Waals surface area contributed by atoms with Gasteiger partial charge < -0.3 is 5.32 Å². The Labute approximate surface area is 159 Å². The number of carbonyl (C=O) groups is 1. The molecule has 10 heteroatoms. The van der Waals surface area contributed by atoms with Crippen molar-refractivity contribution in [2.24, 2.45) is 0 Å². The minimum absolute atomic E-state index is 0.157. The Balaban J connectivity index is 1.67. The highest BCUT2D eigenvalue weighted by Crippen LogP contribution is 2.18. The molecule has 1 amide bonds. The van der Waals surface area contributed by atoms with Gasteiger partial charge in [-0.3, -0.25) is 24.3 Å². The number of rotatable bonds is 7. The van der Waals surface area contributed by atoms with E-state index in [1.165, 1.54) is 10.9 Å². The van der Waals surface area contributed by atoms with Crippen molar-refractivity contribution >= 4 is 28.9 Å². The van der Waals surface area contributed by atoms with E-state index >= 15 is 0 Å². The highest BCUT2D eigenvalue weighted by Gasteiger charge is 2.22. The Bertz CT molecular complexity index is 967. The first-order chi connectivity index (χ1) is 13.0. The molecule has 2 heterocycles. The zero-order valence-electron chi connectivity index (χ0n) is 14.4. The van der Waals surface area contributed by atoms with Crippen molar-refractivity contribution in [1.29, 1.82) is 0 Å². The maximum atomic E-state index is 12.5. The van der Waals surface area contributed by atoms with Crippen LogP contribution in [0.25, 0.3) is 0 Å². The van der Waals surface area contributed by atoms with Crippen LogP contribution in [0.4, 0.5) is 11.4 Å². The third kappa shape index (κ3) is 4.50. The van der Waals surface area contributed by atoms with E-state index in [2.05, 4.69) is 15.5 Å². The molecule has 1 unspecified atom stereocenters. The van der Waals surface area contributed by atoms with Crippen molar-refractivity contribution in [2.45, 2.75) is 25.9 Å². The molecule has 3 aromatic rings. The predicted molar refractivity (Wildman–Crippen MR) is 99.6 cm³/mol. The van der Waals surface area contributed by atoms with Gasteiger partial charge in [0.05, 0.1) is 23.4 Å². The van der Waals surface area contributed by atoms with Gasteiger partial charge in [0.2, 0.25) is 5.91 Å². The molecule has 0 fully saturated rings. The molecule has 1 N–H and O–H groups in total. The highest BCUT2D eigenvalue weighted by molar-refractivity contribution is 6.30. The number of halogens is 1. The fourth-order valence-electron chi connectivity index (χ4n) is 2.65. The third-order valence-corrected chi connectivity index (χ3v) is 4.18. The molecule has 0 bridgehead atoms. The summed E-state index contributed by atoms with van der Waals surface area (Å²) in [6, 6.07) is 6.78. The number of benzene rings is 1. The molecular weight excluding hydrogens is 372 g/mol. The summed E-state index contributed by atoms with van der Waals surface area (Å²) in [5, 5.41) is 22.4. The van der Waals surface area contributed by atoms with Crippen LogP contribution in [0, 0.1) is 10.1 Å². The van der Waals surface area contributed by atoms with E-state index in [1.807, 2.05) is 18.2 Å².